The highest BCUT2D eigenvalue weighted by molar-refractivity contribution is 5.38. The predicted octanol–water partition coefficient (Wildman–Crippen LogP) is 1.31. The predicted molar refractivity (Wildman–Crippen MR) is 69.9 cm³/mol. The number of aromatic nitrogens is 5. The van der Waals surface area contributed by atoms with Crippen LogP contribution in [0.4, 0.5) is 11.9 Å². The van der Waals surface area contributed by atoms with Gasteiger partial charge in [-0.05, 0) is 20.8 Å². The Labute approximate surface area is 106 Å². The molecule has 0 radical (unpaired) electrons. The topological polar surface area (TPSA) is 80.5 Å². The van der Waals surface area contributed by atoms with Gasteiger partial charge in [0.05, 0.1) is 0 Å². The summed E-state index contributed by atoms with van der Waals surface area (Å²) in [6.07, 6.45) is 5.12. The second-order valence-corrected chi connectivity index (χ2v) is 4.88. The summed E-state index contributed by atoms with van der Waals surface area (Å²) in [7, 11) is 1.77. The van der Waals surface area contributed by atoms with E-state index in [1.54, 1.807) is 30.3 Å². The Morgan fingerprint density at radius 1 is 1.11 bits per heavy atom. The summed E-state index contributed by atoms with van der Waals surface area (Å²) in [4.78, 5) is 16.9. The fourth-order valence-electron chi connectivity index (χ4n) is 1.36. The standard InChI is InChI=1S/C11H17N7/c1-11(2,3)17-9-14-8(12-4)15-10(16-9)18-6-5-13-7-18/h5-7H,1-4H3,(H2,12,14,15,16,17). The van der Waals surface area contributed by atoms with E-state index < -0.39 is 0 Å². The number of hydrogen-bond donors (Lipinski definition) is 2. The minimum absolute atomic E-state index is 0.113. The van der Waals surface area contributed by atoms with Gasteiger partial charge in [0.1, 0.15) is 6.33 Å². The van der Waals surface area contributed by atoms with E-state index >= 15 is 0 Å². The Bertz CT molecular complexity index is 513. The molecular weight excluding hydrogens is 230 g/mol. The summed E-state index contributed by atoms with van der Waals surface area (Å²) < 4.78 is 1.73. The van der Waals surface area contributed by atoms with Crippen molar-refractivity contribution in [3.05, 3.63) is 18.7 Å². The van der Waals surface area contributed by atoms with Crippen LogP contribution in [0.5, 0.6) is 0 Å². The summed E-state index contributed by atoms with van der Waals surface area (Å²) >= 11 is 0. The molecule has 0 atom stereocenters. The van der Waals surface area contributed by atoms with Gasteiger partial charge in [0.15, 0.2) is 0 Å². The van der Waals surface area contributed by atoms with E-state index in [1.807, 2.05) is 20.8 Å². The lowest BCUT2D eigenvalue weighted by molar-refractivity contribution is 0.624. The van der Waals surface area contributed by atoms with Gasteiger partial charge in [-0.1, -0.05) is 0 Å². The van der Waals surface area contributed by atoms with E-state index in [-0.39, 0.29) is 5.54 Å². The number of anilines is 2. The molecule has 0 unspecified atom stereocenters. The number of nitrogens with one attached hydrogen (secondary N) is 2. The molecule has 2 heterocycles. The van der Waals surface area contributed by atoms with Crippen molar-refractivity contribution in [2.24, 2.45) is 0 Å². The second-order valence-electron chi connectivity index (χ2n) is 4.88. The van der Waals surface area contributed by atoms with Crippen LogP contribution in [-0.2, 0) is 0 Å². The first-order valence-corrected chi connectivity index (χ1v) is 5.68. The normalized spacial score (nSPS) is 11.3. The molecule has 0 amide bonds. The zero-order valence-electron chi connectivity index (χ0n) is 11.0. The van der Waals surface area contributed by atoms with Crippen LogP contribution in [0.15, 0.2) is 18.7 Å². The average molecular weight is 247 g/mol. The number of imidazole rings is 1. The molecule has 0 aromatic carbocycles. The molecule has 7 heteroatoms. The highest BCUT2D eigenvalue weighted by Crippen LogP contribution is 2.13. The first-order valence-electron chi connectivity index (χ1n) is 5.68. The quantitative estimate of drug-likeness (QED) is 0.851. The maximum atomic E-state index is 4.36. The first-order chi connectivity index (χ1) is 8.48. The van der Waals surface area contributed by atoms with Gasteiger partial charge >= 0.3 is 0 Å². The van der Waals surface area contributed by atoms with Gasteiger partial charge in [-0.15, -0.1) is 0 Å². The van der Waals surface area contributed by atoms with E-state index in [1.165, 1.54) is 0 Å². The smallest absolute Gasteiger partial charge is 0.241 e. The summed E-state index contributed by atoms with van der Waals surface area (Å²) in [5.41, 5.74) is -0.113. The SMILES string of the molecule is CNc1nc(NC(C)(C)C)nc(-n2ccnc2)n1. The third-order valence-corrected chi connectivity index (χ3v) is 2.07. The third kappa shape index (κ3) is 2.93. The van der Waals surface area contributed by atoms with Crippen LogP contribution < -0.4 is 10.6 Å². The van der Waals surface area contributed by atoms with Crippen LogP contribution >= 0.6 is 0 Å². The monoisotopic (exact) mass is 247 g/mol. The van der Waals surface area contributed by atoms with Crippen molar-refractivity contribution in [2.75, 3.05) is 17.7 Å². The highest BCUT2D eigenvalue weighted by Gasteiger charge is 2.14. The average Bonchev–Trinajstić information content (AvgIpc) is 2.79. The molecule has 2 aromatic rings. The Balaban J connectivity index is 2.39. The van der Waals surface area contributed by atoms with E-state index in [2.05, 4.69) is 30.6 Å². The van der Waals surface area contributed by atoms with E-state index in [4.69, 9.17) is 0 Å². The third-order valence-electron chi connectivity index (χ3n) is 2.07. The zero-order valence-corrected chi connectivity index (χ0v) is 11.0. The maximum Gasteiger partial charge on any atom is 0.241 e. The molecular formula is C11H17N7. The lowest BCUT2D eigenvalue weighted by atomic mass is 10.1. The zero-order chi connectivity index (χ0) is 13.2. The van der Waals surface area contributed by atoms with Crippen molar-refractivity contribution in [2.45, 2.75) is 26.3 Å². The maximum absolute atomic E-state index is 4.36. The lowest BCUT2D eigenvalue weighted by Crippen LogP contribution is -2.28. The van der Waals surface area contributed by atoms with Crippen molar-refractivity contribution >= 4 is 11.9 Å². The largest absolute Gasteiger partial charge is 0.357 e. The first kappa shape index (κ1) is 12.3. The molecule has 0 bridgehead atoms. The van der Waals surface area contributed by atoms with Crippen molar-refractivity contribution in [1.82, 2.24) is 24.5 Å². The van der Waals surface area contributed by atoms with Crippen LogP contribution in [0.2, 0.25) is 0 Å². The van der Waals surface area contributed by atoms with Crippen LogP contribution in [0.1, 0.15) is 20.8 Å². The fourth-order valence-corrected chi connectivity index (χ4v) is 1.36. The number of hydrogen-bond acceptors (Lipinski definition) is 6. The van der Waals surface area contributed by atoms with Crippen LogP contribution in [-0.4, -0.2) is 37.1 Å². The van der Waals surface area contributed by atoms with Crippen molar-refractivity contribution < 1.29 is 0 Å². The van der Waals surface area contributed by atoms with Crippen LogP contribution in [0.25, 0.3) is 5.95 Å². The molecule has 18 heavy (non-hydrogen) atoms. The van der Waals surface area contributed by atoms with Gasteiger partial charge in [-0.2, -0.15) is 15.0 Å². The van der Waals surface area contributed by atoms with E-state index in [0.717, 1.165) is 0 Å². The van der Waals surface area contributed by atoms with Gasteiger partial charge in [-0.25, -0.2) is 4.98 Å². The molecule has 0 aliphatic carbocycles. The minimum atomic E-state index is -0.113. The molecule has 0 saturated heterocycles. The lowest BCUT2D eigenvalue weighted by Gasteiger charge is -2.20. The number of nitrogens with zero attached hydrogens (tertiary/aromatic N) is 5. The molecule has 2 aromatic heterocycles. The summed E-state index contributed by atoms with van der Waals surface area (Å²) in [6, 6.07) is 0. The fraction of sp³-hybridized carbons (Fsp3) is 0.455. The summed E-state index contributed by atoms with van der Waals surface area (Å²) in [6.45, 7) is 6.15. The Morgan fingerprint density at radius 2 is 1.83 bits per heavy atom. The molecule has 2 rings (SSSR count). The van der Waals surface area contributed by atoms with Gasteiger partial charge in [0, 0.05) is 25.0 Å². The highest BCUT2D eigenvalue weighted by atomic mass is 15.3. The van der Waals surface area contributed by atoms with Gasteiger partial charge < -0.3 is 10.6 Å². The molecule has 0 aliphatic heterocycles. The van der Waals surface area contributed by atoms with Gasteiger partial charge in [-0.3, -0.25) is 4.57 Å². The molecule has 96 valence electrons. The van der Waals surface area contributed by atoms with E-state index in [9.17, 15) is 0 Å². The van der Waals surface area contributed by atoms with Crippen molar-refractivity contribution in [3.63, 3.8) is 0 Å². The van der Waals surface area contributed by atoms with Crippen LogP contribution in [0, 0.1) is 0 Å². The summed E-state index contributed by atoms with van der Waals surface area (Å²) in [5, 5.41) is 6.14. The Hall–Kier alpha value is -2.18. The summed E-state index contributed by atoms with van der Waals surface area (Å²) in [5.74, 6) is 1.57. The molecule has 0 fully saturated rings. The Morgan fingerprint density at radius 3 is 2.39 bits per heavy atom. The number of rotatable bonds is 3. The Kier molecular flexibility index (Phi) is 3.14. The molecule has 0 saturated carbocycles. The van der Waals surface area contributed by atoms with Crippen molar-refractivity contribution in [3.8, 4) is 5.95 Å². The van der Waals surface area contributed by atoms with Gasteiger partial charge in [0.2, 0.25) is 17.8 Å². The van der Waals surface area contributed by atoms with Gasteiger partial charge in [0.25, 0.3) is 0 Å². The molecule has 2 N–H and O–H groups in total. The second kappa shape index (κ2) is 4.59. The van der Waals surface area contributed by atoms with Crippen molar-refractivity contribution in [1.29, 1.82) is 0 Å². The molecule has 0 spiro atoms. The van der Waals surface area contributed by atoms with Crippen LogP contribution in [0.3, 0.4) is 0 Å². The molecule has 0 aliphatic rings. The molecule has 7 nitrogen and oxygen atoms in total. The van der Waals surface area contributed by atoms with E-state index in [0.29, 0.717) is 17.8 Å². The minimum Gasteiger partial charge on any atom is -0.357 e.